The number of rotatable bonds is 1. The van der Waals surface area contributed by atoms with Crippen LogP contribution in [0.15, 0.2) is 9.59 Å². The van der Waals surface area contributed by atoms with Crippen molar-refractivity contribution in [2.24, 2.45) is 13.0 Å². The second-order valence-corrected chi connectivity index (χ2v) is 4.83. The van der Waals surface area contributed by atoms with Gasteiger partial charge in [-0.1, -0.05) is 6.92 Å². The van der Waals surface area contributed by atoms with Crippen LogP contribution in [0.2, 0.25) is 0 Å². The lowest BCUT2D eigenvalue weighted by Gasteiger charge is -2.35. The van der Waals surface area contributed by atoms with Gasteiger partial charge in [0.2, 0.25) is 0 Å². The Kier molecular flexibility index (Phi) is 3.16. The van der Waals surface area contributed by atoms with Gasteiger partial charge in [-0.25, -0.2) is 4.79 Å². The van der Waals surface area contributed by atoms with Gasteiger partial charge in [0, 0.05) is 20.1 Å². The number of nitrogens with one attached hydrogen (secondary N) is 1. The Morgan fingerprint density at radius 2 is 2.11 bits per heavy atom. The van der Waals surface area contributed by atoms with Crippen LogP contribution in [0.4, 0.5) is 11.5 Å². The summed E-state index contributed by atoms with van der Waals surface area (Å²) in [5.74, 6) is 0.333. The average molecular weight is 254 g/mol. The van der Waals surface area contributed by atoms with E-state index >= 15 is 0 Å². The predicted octanol–water partition coefficient (Wildman–Crippen LogP) is -1.14. The largest absolute Gasteiger partial charge is 0.391 e. The molecule has 0 aromatic carbocycles. The zero-order valence-corrected chi connectivity index (χ0v) is 10.5. The molecular formula is C11H18N4O3. The molecule has 2 heterocycles. The van der Waals surface area contributed by atoms with Crippen molar-refractivity contribution in [3.8, 4) is 0 Å². The molecule has 1 saturated heterocycles. The number of hydrogen-bond acceptors (Lipinski definition) is 5. The minimum absolute atomic E-state index is 0.130. The van der Waals surface area contributed by atoms with E-state index in [1.54, 1.807) is 4.90 Å². The highest BCUT2D eigenvalue weighted by atomic mass is 16.3. The number of nitrogen functional groups attached to an aromatic ring is 1. The lowest BCUT2D eigenvalue weighted by atomic mass is 9.96. The summed E-state index contributed by atoms with van der Waals surface area (Å²) in [6.07, 6.45) is 0.290. The number of aromatic amines is 1. The van der Waals surface area contributed by atoms with E-state index in [4.69, 9.17) is 5.73 Å². The number of aliphatic hydroxyl groups is 1. The van der Waals surface area contributed by atoms with Gasteiger partial charge in [0.1, 0.15) is 11.5 Å². The SMILES string of the molecule is CC1CCN(c2c(N)n(C)c(=O)[nH]c2=O)CC1O. The van der Waals surface area contributed by atoms with Crippen LogP contribution < -0.4 is 21.9 Å². The van der Waals surface area contributed by atoms with Crippen LogP contribution in [0, 0.1) is 5.92 Å². The maximum absolute atomic E-state index is 11.8. The highest BCUT2D eigenvalue weighted by Gasteiger charge is 2.27. The molecule has 0 aliphatic carbocycles. The fourth-order valence-electron chi connectivity index (χ4n) is 2.18. The number of β-amino-alcohol motifs (C(OH)–C–C–N with tert-alkyl or cyclic N) is 1. The molecule has 1 fully saturated rings. The van der Waals surface area contributed by atoms with Crippen molar-refractivity contribution in [2.75, 3.05) is 23.7 Å². The van der Waals surface area contributed by atoms with E-state index in [1.807, 2.05) is 6.92 Å². The van der Waals surface area contributed by atoms with E-state index in [0.717, 1.165) is 6.42 Å². The van der Waals surface area contributed by atoms with Gasteiger partial charge in [-0.2, -0.15) is 0 Å². The number of anilines is 2. The third-order valence-corrected chi connectivity index (χ3v) is 3.58. The van der Waals surface area contributed by atoms with E-state index < -0.39 is 17.4 Å². The quantitative estimate of drug-likeness (QED) is 0.588. The first-order chi connectivity index (χ1) is 8.41. The van der Waals surface area contributed by atoms with Crippen LogP contribution in [0.3, 0.4) is 0 Å². The topological polar surface area (TPSA) is 104 Å². The molecule has 7 nitrogen and oxygen atoms in total. The molecule has 1 aliphatic heterocycles. The van der Waals surface area contributed by atoms with E-state index in [-0.39, 0.29) is 17.4 Å². The van der Waals surface area contributed by atoms with Crippen LogP contribution in [0.1, 0.15) is 13.3 Å². The molecule has 0 radical (unpaired) electrons. The number of aliphatic hydroxyl groups excluding tert-OH is 1. The van der Waals surface area contributed by atoms with Crippen LogP contribution >= 0.6 is 0 Å². The number of piperidine rings is 1. The van der Waals surface area contributed by atoms with Crippen molar-refractivity contribution in [1.29, 1.82) is 0 Å². The van der Waals surface area contributed by atoms with Gasteiger partial charge in [-0.15, -0.1) is 0 Å². The van der Waals surface area contributed by atoms with Crippen LogP contribution in [-0.4, -0.2) is 33.9 Å². The molecule has 2 rings (SSSR count). The van der Waals surface area contributed by atoms with Gasteiger partial charge in [-0.3, -0.25) is 14.3 Å². The van der Waals surface area contributed by atoms with Crippen LogP contribution in [-0.2, 0) is 7.05 Å². The van der Waals surface area contributed by atoms with Crippen molar-refractivity contribution in [3.63, 3.8) is 0 Å². The monoisotopic (exact) mass is 254 g/mol. The molecule has 1 aromatic rings. The molecule has 0 amide bonds. The maximum Gasteiger partial charge on any atom is 0.329 e. The maximum atomic E-state index is 11.8. The van der Waals surface area contributed by atoms with Gasteiger partial charge in [-0.05, 0) is 12.3 Å². The first-order valence-corrected chi connectivity index (χ1v) is 5.93. The molecule has 2 unspecified atom stereocenters. The second kappa shape index (κ2) is 4.49. The van der Waals surface area contributed by atoms with Gasteiger partial charge in [0.15, 0.2) is 0 Å². The molecule has 4 N–H and O–H groups in total. The molecule has 2 atom stereocenters. The van der Waals surface area contributed by atoms with Crippen molar-refractivity contribution >= 4 is 11.5 Å². The van der Waals surface area contributed by atoms with E-state index in [2.05, 4.69) is 4.98 Å². The molecule has 0 bridgehead atoms. The Hall–Kier alpha value is -1.76. The molecule has 0 saturated carbocycles. The van der Waals surface area contributed by atoms with Gasteiger partial charge in [0.25, 0.3) is 5.56 Å². The third kappa shape index (κ3) is 2.01. The van der Waals surface area contributed by atoms with Gasteiger partial charge < -0.3 is 15.7 Å². The Bertz CT molecular complexity index is 562. The number of H-pyrrole nitrogens is 1. The zero-order chi connectivity index (χ0) is 13.4. The Balaban J connectivity index is 2.43. The lowest BCUT2D eigenvalue weighted by Crippen LogP contribution is -2.46. The minimum atomic E-state index is -0.535. The fourth-order valence-corrected chi connectivity index (χ4v) is 2.18. The van der Waals surface area contributed by atoms with Gasteiger partial charge >= 0.3 is 5.69 Å². The first kappa shape index (κ1) is 12.7. The fraction of sp³-hybridized carbons (Fsp3) is 0.636. The second-order valence-electron chi connectivity index (χ2n) is 4.83. The van der Waals surface area contributed by atoms with Gasteiger partial charge in [0.05, 0.1) is 6.10 Å². The van der Waals surface area contributed by atoms with Crippen LogP contribution in [0.25, 0.3) is 0 Å². The van der Waals surface area contributed by atoms with Crippen molar-refractivity contribution < 1.29 is 5.11 Å². The number of aromatic nitrogens is 2. The van der Waals surface area contributed by atoms with E-state index in [9.17, 15) is 14.7 Å². The summed E-state index contributed by atoms with van der Waals surface area (Å²) >= 11 is 0. The number of nitrogens with zero attached hydrogens (tertiary/aromatic N) is 2. The molecule has 1 aromatic heterocycles. The Labute approximate surface area is 104 Å². The lowest BCUT2D eigenvalue weighted by molar-refractivity contribution is 0.103. The molecule has 0 spiro atoms. The third-order valence-electron chi connectivity index (χ3n) is 3.58. The summed E-state index contributed by atoms with van der Waals surface area (Å²) in [6.45, 7) is 2.96. The Morgan fingerprint density at radius 1 is 1.44 bits per heavy atom. The van der Waals surface area contributed by atoms with Crippen molar-refractivity contribution in [1.82, 2.24) is 9.55 Å². The summed E-state index contributed by atoms with van der Waals surface area (Å²) in [5, 5.41) is 9.85. The summed E-state index contributed by atoms with van der Waals surface area (Å²) in [5.41, 5.74) is 5.04. The van der Waals surface area contributed by atoms with E-state index in [1.165, 1.54) is 11.6 Å². The molecule has 1 aliphatic rings. The first-order valence-electron chi connectivity index (χ1n) is 5.93. The van der Waals surface area contributed by atoms with Crippen molar-refractivity contribution in [2.45, 2.75) is 19.4 Å². The highest BCUT2D eigenvalue weighted by Crippen LogP contribution is 2.23. The molecule has 100 valence electrons. The molecule has 18 heavy (non-hydrogen) atoms. The average Bonchev–Trinajstić information content (AvgIpc) is 2.31. The highest BCUT2D eigenvalue weighted by molar-refractivity contribution is 5.62. The number of hydrogen-bond donors (Lipinski definition) is 3. The van der Waals surface area contributed by atoms with E-state index in [0.29, 0.717) is 13.1 Å². The minimum Gasteiger partial charge on any atom is -0.391 e. The zero-order valence-electron chi connectivity index (χ0n) is 10.5. The van der Waals surface area contributed by atoms with Crippen molar-refractivity contribution in [3.05, 3.63) is 20.8 Å². The molecular weight excluding hydrogens is 236 g/mol. The molecule has 7 heteroatoms. The Morgan fingerprint density at radius 3 is 2.72 bits per heavy atom. The predicted molar refractivity (Wildman–Crippen MR) is 68.7 cm³/mol. The summed E-state index contributed by atoms with van der Waals surface area (Å²) in [6, 6.07) is 0. The smallest absolute Gasteiger partial charge is 0.329 e. The summed E-state index contributed by atoms with van der Waals surface area (Å²) in [4.78, 5) is 27.2. The normalized spacial score (nSPS) is 24.3. The number of nitrogens with two attached hydrogens (primary N) is 1. The standard InChI is InChI=1S/C11H18N4O3/c1-6-3-4-15(5-7(6)16)8-9(12)14(2)11(18)13-10(8)17/h6-7,16H,3-5,12H2,1-2H3,(H,13,17,18). The van der Waals surface area contributed by atoms with Crippen LogP contribution in [0.5, 0.6) is 0 Å². The summed E-state index contributed by atoms with van der Waals surface area (Å²) < 4.78 is 1.20. The summed E-state index contributed by atoms with van der Waals surface area (Å²) in [7, 11) is 1.50.